The second kappa shape index (κ2) is 9.14. The molecule has 0 aromatic heterocycles. The molecule has 0 N–H and O–H groups in total. The highest BCUT2D eigenvalue weighted by molar-refractivity contribution is 7.90. The van der Waals surface area contributed by atoms with Gasteiger partial charge < -0.3 is 9.47 Å². The van der Waals surface area contributed by atoms with E-state index in [0.717, 1.165) is 6.26 Å². The van der Waals surface area contributed by atoms with Gasteiger partial charge in [-0.05, 0) is 54.6 Å². The van der Waals surface area contributed by atoms with Gasteiger partial charge in [0.05, 0.1) is 19.1 Å². The lowest BCUT2D eigenvalue weighted by Crippen LogP contribution is -2.01. The SMILES string of the molecule is COc1cc(-c2ccccc2S(C)(=O)=O)c(OC)cc1/C=C/C(=O)c1ccc(F)cc1. The van der Waals surface area contributed by atoms with Crippen LogP contribution in [-0.4, -0.2) is 34.7 Å². The summed E-state index contributed by atoms with van der Waals surface area (Å²) in [4.78, 5) is 12.6. The van der Waals surface area contributed by atoms with Crippen LogP contribution in [-0.2, 0) is 9.84 Å². The monoisotopic (exact) mass is 440 g/mol. The van der Waals surface area contributed by atoms with Crippen molar-refractivity contribution in [3.63, 3.8) is 0 Å². The third kappa shape index (κ3) is 5.00. The minimum atomic E-state index is -3.47. The van der Waals surface area contributed by atoms with Crippen LogP contribution in [0.2, 0.25) is 0 Å². The van der Waals surface area contributed by atoms with E-state index < -0.39 is 15.7 Å². The van der Waals surface area contributed by atoms with E-state index >= 15 is 0 Å². The second-order valence-electron chi connectivity index (χ2n) is 6.77. The van der Waals surface area contributed by atoms with Gasteiger partial charge in [0.2, 0.25) is 0 Å². The molecule has 0 aliphatic heterocycles. The summed E-state index contributed by atoms with van der Waals surface area (Å²) in [5, 5.41) is 0. The Kier molecular flexibility index (Phi) is 6.56. The highest BCUT2D eigenvalue weighted by Crippen LogP contribution is 2.39. The van der Waals surface area contributed by atoms with Crippen molar-refractivity contribution in [1.82, 2.24) is 0 Å². The Balaban J connectivity index is 2.06. The molecule has 0 aliphatic rings. The minimum Gasteiger partial charge on any atom is -0.496 e. The molecule has 3 aromatic carbocycles. The van der Waals surface area contributed by atoms with E-state index in [0.29, 0.717) is 33.8 Å². The lowest BCUT2D eigenvalue weighted by Gasteiger charge is -2.15. The molecule has 5 nitrogen and oxygen atoms in total. The Morgan fingerprint density at radius 3 is 2.16 bits per heavy atom. The highest BCUT2D eigenvalue weighted by atomic mass is 32.2. The quantitative estimate of drug-likeness (QED) is 0.390. The molecule has 0 unspecified atom stereocenters. The molecule has 0 saturated heterocycles. The van der Waals surface area contributed by atoms with E-state index in [-0.39, 0.29) is 10.7 Å². The molecule has 0 aliphatic carbocycles. The van der Waals surface area contributed by atoms with Crippen LogP contribution in [0.25, 0.3) is 17.2 Å². The molecule has 0 radical (unpaired) electrons. The summed E-state index contributed by atoms with van der Waals surface area (Å²) in [5.74, 6) is 0.137. The van der Waals surface area contributed by atoms with Crippen LogP contribution in [0.3, 0.4) is 0 Å². The van der Waals surface area contributed by atoms with Crippen molar-refractivity contribution in [1.29, 1.82) is 0 Å². The smallest absolute Gasteiger partial charge is 0.185 e. The van der Waals surface area contributed by atoms with Gasteiger partial charge in [0.15, 0.2) is 15.6 Å². The third-order valence-corrected chi connectivity index (χ3v) is 5.83. The molecule has 0 amide bonds. The molecule has 0 bridgehead atoms. The summed E-state index contributed by atoms with van der Waals surface area (Å²) in [6.45, 7) is 0. The van der Waals surface area contributed by atoms with Crippen LogP contribution in [0.5, 0.6) is 11.5 Å². The molecular weight excluding hydrogens is 419 g/mol. The van der Waals surface area contributed by atoms with Crippen molar-refractivity contribution in [3.8, 4) is 22.6 Å². The largest absolute Gasteiger partial charge is 0.496 e. The predicted molar refractivity (Wildman–Crippen MR) is 118 cm³/mol. The van der Waals surface area contributed by atoms with Gasteiger partial charge in [0.1, 0.15) is 17.3 Å². The molecule has 0 atom stereocenters. The number of benzene rings is 3. The third-order valence-electron chi connectivity index (χ3n) is 4.67. The summed E-state index contributed by atoms with van der Waals surface area (Å²) >= 11 is 0. The second-order valence-corrected chi connectivity index (χ2v) is 8.75. The van der Waals surface area contributed by atoms with Crippen LogP contribution >= 0.6 is 0 Å². The van der Waals surface area contributed by atoms with Gasteiger partial charge in [-0.3, -0.25) is 4.79 Å². The van der Waals surface area contributed by atoms with E-state index in [2.05, 4.69) is 0 Å². The number of ether oxygens (including phenoxy) is 2. The maximum Gasteiger partial charge on any atom is 0.185 e. The number of methoxy groups -OCH3 is 2. The van der Waals surface area contributed by atoms with Gasteiger partial charge in [-0.2, -0.15) is 0 Å². The van der Waals surface area contributed by atoms with Gasteiger partial charge in [-0.15, -0.1) is 0 Å². The fourth-order valence-corrected chi connectivity index (χ4v) is 4.05. The van der Waals surface area contributed by atoms with Crippen LogP contribution in [0, 0.1) is 5.82 Å². The molecule has 160 valence electrons. The van der Waals surface area contributed by atoms with Crippen LogP contribution in [0.15, 0.2) is 71.6 Å². The van der Waals surface area contributed by atoms with Crippen molar-refractivity contribution in [2.24, 2.45) is 0 Å². The summed E-state index contributed by atoms with van der Waals surface area (Å²) in [6.07, 6.45) is 4.07. The maximum absolute atomic E-state index is 13.1. The van der Waals surface area contributed by atoms with Gasteiger partial charge in [0.25, 0.3) is 0 Å². The number of carbonyl (C=O) groups excluding carboxylic acids is 1. The fraction of sp³-hybridized carbons (Fsp3) is 0.125. The van der Waals surface area contributed by atoms with Crippen LogP contribution in [0.1, 0.15) is 15.9 Å². The molecule has 0 heterocycles. The van der Waals surface area contributed by atoms with Crippen molar-refractivity contribution in [3.05, 3.63) is 83.7 Å². The van der Waals surface area contributed by atoms with Gasteiger partial charge in [-0.25, -0.2) is 12.8 Å². The normalized spacial score (nSPS) is 11.5. The standard InChI is InChI=1S/C24H21FO5S/c1-29-22-15-20(19-6-4-5-7-24(19)31(3,27)28)23(30-2)14-17(22)10-13-21(26)16-8-11-18(25)12-9-16/h4-15H,1-3H3/b13-10+. The number of sulfone groups is 1. The molecule has 0 fully saturated rings. The Labute approximate surface area is 180 Å². The first-order valence-electron chi connectivity index (χ1n) is 9.28. The number of carbonyl (C=O) groups is 1. The number of rotatable bonds is 7. The van der Waals surface area contributed by atoms with Crippen molar-refractivity contribution < 1.29 is 27.1 Å². The summed E-state index contributed by atoms with van der Waals surface area (Å²) < 4.78 is 48.5. The number of allylic oxidation sites excluding steroid dienone is 1. The predicted octanol–water partition coefficient (Wildman–Crippen LogP) is 4.81. The van der Waals surface area contributed by atoms with E-state index in [4.69, 9.17) is 9.47 Å². The van der Waals surface area contributed by atoms with Crippen molar-refractivity contribution in [2.75, 3.05) is 20.5 Å². The zero-order chi connectivity index (χ0) is 22.6. The number of ketones is 1. The molecule has 7 heteroatoms. The first kappa shape index (κ1) is 22.2. The number of hydrogen-bond donors (Lipinski definition) is 0. The molecule has 0 saturated carbocycles. The fourth-order valence-electron chi connectivity index (χ4n) is 3.15. The molecule has 0 spiro atoms. The van der Waals surface area contributed by atoms with E-state index in [1.54, 1.807) is 36.4 Å². The minimum absolute atomic E-state index is 0.171. The zero-order valence-corrected chi connectivity index (χ0v) is 18.1. The first-order chi connectivity index (χ1) is 14.7. The zero-order valence-electron chi connectivity index (χ0n) is 17.3. The van der Waals surface area contributed by atoms with Gasteiger partial charge in [0, 0.05) is 28.5 Å². The highest BCUT2D eigenvalue weighted by Gasteiger charge is 2.19. The average molecular weight is 440 g/mol. The average Bonchev–Trinajstić information content (AvgIpc) is 2.76. The summed E-state index contributed by atoms with van der Waals surface area (Å²) in [6, 6.07) is 15.2. The Morgan fingerprint density at radius 1 is 0.903 bits per heavy atom. The maximum atomic E-state index is 13.1. The summed E-state index contributed by atoms with van der Waals surface area (Å²) in [5.41, 5.74) is 1.94. The molecule has 31 heavy (non-hydrogen) atoms. The van der Waals surface area contributed by atoms with Crippen LogP contribution in [0.4, 0.5) is 4.39 Å². The van der Waals surface area contributed by atoms with E-state index in [1.807, 2.05) is 0 Å². The lowest BCUT2D eigenvalue weighted by molar-refractivity contribution is 0.104. The molecule has 3 rings (SSSR count). The lowest BCUT2D eigenvalue weighted by atomic mass is 10.0. The first-order valence-corrected chi connectivity index (χ1v) is 11.2. The Morgan fingerprint density at radius 2 is 1.55 bits per heavy atom. The van der Waals surface area contributed by atoms with Gasteiger partial charge in [-0.1, -0.05) is 18.2 Å². The van der Waals surface area contributed by atoms with Gasteiger partial charge >= 0.3 is 0 Å². The van der Waals surface area contributed by atoms with Crippen LogP contribution < -0.4 is 9.47 Å². The summed E-state index contributed by atoms with van der Waals surface area (Å²) in [7, 11) is -0.516. The van der Waals surface area contributed by atoms with Crippen molar-refractivity contribution >= 4 is 21.7 Å². The molecule has 3 aromatic rings. The number of hydrogen-bond acceptors (Lipinski definition) is 5. The molecular formula is C24H21FO5S. The Hall–Kier alpha value is -3.45. The van der Waals surface area contributed by atoms with E-state index in [1.165, 1.54) is 50.6 Å². The number of halogens is 1. The Bertz CT molecular complexity index is 1250. The van der Waals surface area contributed by atoms with Crippen molar-refractivity contribution in [2.45, 2.75) is 4.90 Å². The van der Waals surface area contributed by atoms with E-state index in [9.17, 15) is 17.6 Å². The topological polar surface area (TPSA) is 69.7 Å².